The molecule has 1 aromatic heterocycles. The highest BCUT2D eigenvalue weighted by Gasteiger charge is 2.42. The molecule has 2 aromatic carbocycles. The van der Waals surface area contributed by atoms with E-state index in [0.717, 1.165) is 12.1 Å². The molecule has 28 heavy (non-hydrogen) atoms. The van der Waals surface area contributed by atoms with E-state index in [2.05, 4.69) is 30.3 Å². The molecule has 3 rings (SSSR count). The number of ether oxygens (including phenoxy) is 1. The van der Waals surface area contributed by atoms with Gasteiger partial charge in [-0.25, -0.2) is 13.8 Å². The fraction of sp³-hybridized carbons (Fsp3) is 0.118. The van der Waals surface area contributed by atoms with E-state index in [1.54, 1.807) is 24.3 Å². The van der Waals surface area contributed by atoms with E-state index < -0.39 is 17.8 Å². The van der Waals surface area contributed by atoms with Crippen molar-refractivity contribution in [3.8, 4) is 17.0 Å². The van der Waals surface area contributed by atoms with E-state index in [1.165, 1.54) is 12.1 Å². The number of nitrogens with zero attached hydrogens (tertiary/aromatic N) is 2. The minimum Gasteiger partial charge on any atom is -0.429 e. The first-order valence-corrected chi connectivity index (χ1v) is 8.20. The van der Waals surface area contributed by atoms with Crippen LogP contribution in [0.5, 0.6) is 5.75 Å². The van der Waals surface area contributed by atoms with Crippen LogP contribution in [0.3, 0.4) is 0 Å². The number of hydrogen-bond acceptors (Lipinski definition) is 5. The van der Waals surface area contributed by atoms with Crippen molar-refractivity contribution in [1.29, 1.82) is 0 Å². The maximum atomic E-state index is 13.1. The summed E-state index contributed by atoms with van der Waals surface area (Å²) in [5, 5.41) is 12.3. The molecule has 0 aliphatic carbocycles. The molecule has 0 radical (unpaired) electrons. The molecule has 0 aliphatic rings. The fourth-order valence-corrected chi connectivity index (χ4v) is 2.18. The highest BCUT2D eigenvalue weighted by molar-refractivity contribution is 6.20. The van der Waals surface area contributed by atoms with E-state index in [4.69, 9.17) is 11.6 Å². The molecule has 0 saturated carbocycles. The first-order valence-electron chi connectivity index (χ1n) is 7.76. The molecule has 1 heterocycles. The van der Waals surface area contributed by atoms with Gasteiger partial charge in [-0.15, -0.1) is 0 Å². The summed E-state index contributed by atoms with van der Waals surface area (Å²) in [5.41, 5.74) is -1.71. The number of hydrogen-bond donors (Lipinski definition) is 2. The Bertz CT molecular complexity index is 936. The zero-order valence-corrected chi connectivity index (χ0v) is 14.7. The van der Waals surface area contributed by atoms with Crippen molar-refractivity contribution in [3.05, 3.63) is 54.6 Å². The van der Waals surface area contributed by atoms with Crippen molar-refractivity contribution < 1.29 is 27.3 Å². The summed E-state index contributed by atoms with van der Waals surface area (Å²) in [6.45, 7) is 0. The van der Waals surface area contributed by atoms with Crippen LogP contribution in [0.15, 0.2) is 59.2 Å². The van der Waals surface area contributed by atoms with Crippen LogP contribution in [0.4, 0.5) is 29.5 Å². The number of halogens is 4. The van der Waals surface area contributed by atoms with Gasteiger partial charge in [0.15, 0.2) is 5.69 Å². The van der Waals surface area contributed by atoms with Gasteiger partial charge in [-0.2, -0.15) is 8.78 Å². The van der Waals surface area contributed by atoms with Gasteiger partial charge in [0.1, 0.15) is 5.75 Å². The van der Waals surface area contributed by atoms with Gasteiger partial charge >= 0.3 is 12.1 Å². The lowest BCUT2D eigenvalue weighted by Gasteiger charge is -2.17. The highest BCUT2D eigenvalue weighted by Crippen LogP contribution is 2.29. The third-order valence-corrected chi connectivity index (χ3v) is 3.64. The molecule has 1 atom stereocenters. The number of urea groups is 1. The summed E-state index contributed by atoms with van der Waals surface area (Å²) in [7, 11) is 0. The van der Waals surface area contributed by atoms with E-state index >= 15 is 0 Å². The van der Waals surface area contributed by atoms with E-state index in [-0.39, 0.29) is 17.3 Å². The molecular weight excluding hydrogens is 401 g/mol. The third-order valence-electron chi connectivity index (χ3n) is 3.39. The second-order valence-corrected chi connectivity index (χ2v) is 5.78. The summed E-state index contributed by atoms with van der Waals surface area (Å²) in [4.78, 5) is 12.1. The van der Waals surface area contributed by atoms with Gasteiger partial charge in [0.05, 0.1) is 0 Å². The minimum atomic E-state index is -4.18. The van der Waals surface area contributed by atoms with Gasteiger partial charge in [-0.3, -0.25) is 5.32 Å². The zero-order chi connectivity index (χ0) is 20.1. The molecule has 7 nitrogen and oxygen atoms in total. The number of anilines is 2. The maximum Gasteiger partial charge on any atom is 0.444 e. The van der Waals surface area contributed by atoms with Crippen molar-refractivity contribution in [3.63, 3.8) is 0 Å². The molecular formula is C17H12ClF3N4O3. The molecule has 0 fully saturated rings. The average molecular weight is 413 g/mol. The van der Waals surface area contributed by atoms with Crippen LogP contribution in [0.1, 0.15) is 0 Å². The molecule has 3 aromatic rings. The first-order chi connectivity index (χ1) is 13.3. The first kappa shape index (κ1) is 19.5. The van der Waals surface area contributed by atoms with E-state index in [0.29, 0.717) is 11.3 Å². The summed E-state index contributed by atoms with van der Waals surface area (Å²) >= 11 is 4.72. The van der Waals surface area contributed by atoms with E-state index in [9.17, 15) is 18.0 Å². The molecule has 0 spiro atoms. The van der Waals surface area contributed by atoms with Crippen LogP contribution in [0, 0.1) is 0 Å². The Hall–Kier alpha value is -3.27. The standard InChI is InChI=1S/C17H12ClF3N4O3/c18-15(19)17(20,21)27-12-8-6-11(7-9-12)22-16(26)23-14-13(24-28-25-14)10-4-2-1-3-5-10/h1-9,15H,(H2,22,23,25,26). The predicted octanol–water partition coefficient (Wildman–Crippen LogP) is 4.89. The van der Waals surface area contributed by atoms with Crippen LogP contribution < -0.4 is 15.4 Å². The number of benzene rings is 2. The quantitative estimate of drug-likeness (QED) is 0.563. The number of carbonyl (C=O) groups is 1. The van der Waals surface area contributed by atoms with Crippen molar-refractivity contribution in [2.75, 3.05) is 10.6 Å². The zero-order valence-electron chi connectivity index (χ0n) is 13.9. The molecule has 0 bridgehead atoms. The molecule has 0 aliphatic heterocycles. The molecule has 2 N–H and O–H groups in total. The Balaban J connectivity index is 1.63. The number of alkyl halides is 4. The number of aromatic nitrogens is 2. The van der Waals surface area contributed by atoms with Crippen LogP contribution >= 0.6 is 11.6 Å². The highest BCUT2D eigenvalue weighted by atomic mass is 35.5. The van der Waals surface area contributed by atoms with Crippen molar-refractivity contribution in [1.82, 2.24) is 10.3 Å². The summed E-state index contributed by atoms with van der Waals surface area (Å²) < 4.78 is 47.6. The van der Waals surface area contributed by atoms with Gasteiger partial charge in [0.25, 0.3) is 5.63 Å². The lowest BCUT2D eigenvalue weighted by molar-refractivity contribution is -0.199. The Morgan fingerprint density at radius 3 is 2.39 bits per heavy atom. The van der Waals surface area contributed by atoms with Gasteiger partial charge in [0, 0.05) is 11.3 Å². The Morgan fingerprint density at radius 1 is 1.07 bits per heavy atom. The lowest BCUT2D eigenvalue weighted by Crippen LogP contribution is -2.32. The monoisotopic (exact) mass is 412 g/mol. The number of amides is 2. The van der Waals surface area contributed by atoms with Crippen molar-refractivity contribution in [2.45, 2.75) is 11.7 Å². The normalized spacial score (nSPS) is 12.3. The van der Waals surface area contributed by atoms with Crippen LogP contribution in [-0.4, -0.2) is 28.1 Å². The summed E-state index contributed by atoms with van der Waals surface area (Å²) in [6.07, 6.45) is -4.18. The van der Waals surface area contributed by atoms with Gasteiger partial charge in [-0.1, -0.05) is 41.9 Å². The summed E-state index contributed by atoms with van der Waals surface area (Å²) in [5.74, 6) is -0.231. The summed E-state index contributed by atoms with van der Waals surface area (Å²) in [6, 6.07) is 13.1. The Morgan fingerprint density at radius 2 is 1.75 bits per heavy atom. The number of rotatable bonds is 6. The Labute approximate surface area is 161 Å². The topological polar surface area (TPSA) is 89.3 Å². The molecule has 146 valence electrons. The SMILES string of the molecule is O=C(Nc1ccc(OC(F)(F)C(F)Cl)cc1)Nc1nonc1-c1ccccc1. The maximum absolute atomic E-state index is 13.1. The number of nitrogens with one attached hydrogen (secondary N) is 2. The molecule has 1 unspecified atom stereocenters. The number of carbonyl (C=O) groups excluding carboxylic acids is 1. The van der Waals surface area contributed by atoms with E-state index in [1.807, 2.05) is 6.07 Å². The molecule has 0 saturated heterocycles. The second-order valence-electron chi connectivity index (χ2n) is 5.40. The van der Waals surface area contributed by atoms with Crippen molar-refractivity contribution in [2.24, 2.45) is 0 Å². The van der Waals surface area contributed by atoms with Crippen LogP contribution in [0.25, 0.3) is 11.3 Å². The average Bonchev–Trinajstić information content (AvgIpc) is 3.11. The largest absolute Gasteiger partial charge is 0.444 e. The molecule has 11 heteroatoms. The second kappa shape index (κ2) is 8.17. The van der Waals surface area contributed by atoms with Gasteiger partial charge in [0.2, 0.25) is 5.82 Å². The molecule has 2 amide bonds. The minimum absolute atomic E-state index is 0.0967. The fourth-order valence-electron chi connectivity index (χ4n) is 2.13. The Kier molecular flexibility index (Phi) is 5.69. The predicted molar refractivity (Wildman–Crippen MR) is 95.1 cm³/mol. The van der Waals surface area contributed by atoms with Crippen LogP contribution in [0.2, 0.25) is 0 Å². The van der Waals surface area contributed by atoms with Gasteiger partial charge in [-0.05, 0) is 34.6 Å². The van der Waals surface area contributed by atoms with Crippen molar-refractivity contribution >= 4 is 29.1 Å². The third kappa shape index (κ3) is 4.71. The smallest absolute Gasteiger partial charge is 0.429 e. The van der Waals surface area contributed by atoms with Crippen LogP contribution in [-0.2, 0) is 0 Å². The lowest BCUT2D eigenvalue weighted by atomic mass is 10.1. The van der Waals surface area contributed by atoms with Gasteiger partial charge < -0.3 is 10.1 Å².